The number of fused-ring (bicyclic) bond motifs is 1. The summed E-state index contributed by atoms with van der Waals surface area (Å²) in [6.07, 6.45) is -6.38. The van der Waals surface area contributed by atoms with Gasteiger partial charge in [0.2, 0.25) is 6.29 Å². The number of phenolic OH excluding ortho intramolecular Hbond substituents is 2. The van der Waals surface area contributed by atoms with Gasteiger partial charge in [-0.25, -0.2) is 0 Å². The summed E-state index contributed by atoms with van der Waals surface area (Å²) in [5.41, 5.74) is 1.05. The third kappa shape index (κ3) is 3.70. The number of benzene rings is 2. The second-order valence-corrected chi connectivity index (χ2v) is 7.15. The van der Waals surface area contributed by atoms with Crippen LogP contribution in [0.3, 0.4) is 0 Å². The molecule has 0 unspecified atom stereocenters. The third-order valence-corrected chi connectivity index (χ3v) is 5.15. The van der Waals surface area contributed by atoms with Crippen molar-refractivity contribution in [3.05, 3.63) is 47.5 Å². The van der Waals surface area contributed by atoms with E-state index in [-0.39, 0.29) is 29.4 Å². The van der Waals surface area contributed by atoms with E-state index in [1.165, 1.54) is 24.3 Å². The quantitative estimate of drug-likeness (QED) is 0.411. The largest absolute Gasteiger partial charge is 0.508 e. The maximum atomic E-state index is 10.4. The molecule has 0 bridgehead atoms. The van der Waals surface area contributed by atoms with Crippen LogP contribution in [0.1, 0.15) is 17.2 Å². The van der Waals surface area contributed by atoms with E-state index in [2.05, 4.69) is 0 Å². The second-order valence-electron chi connectivity index (χ2n) is 7.15. The summed E-state index contributed by atoms with van der Waals surface area (Å²) in [5, 5.41) is 59.2. The average molecular weight is 406 g/mol. The van der Waals surface area contributed by atoms with E-state index < -0.39 is 43.4 Å². The number of ether oxygens (including phenoxy) is 3. The van der Waals surface area contributed by atoms with Crippen LogP contribution in [0.2, 0.25) is 0 Å². The van der Waals surface area contributed by atoms with Crippen LogP contribution in [-0.4, -0.2) is 68.0 Å². The molecule has 0 radical (unpaired) electrons. The van der Waals surface area contributed by atoms with Gasteiger partial charge in [0.15, 0.2) is 0 Å². The number of hydrogen-bond donors (Lipinski definition) is 6. The first-order chi connectivity index (χ1) is 13.9. The number of aliphatic hydroxyl groups is 4. The SMILES string of the molecule is OC[C@@H]1O[C@H](Oc2cc(O)c3c(c2)O[C@H](c2ccc(O)cc2)[C@H](O)C3)[C@H](O)[C@H]1O. The van der Waals surface area contributed by atoms with Gasteiger partial charge in [-0.15, -0.1) is 0 Å². The van der Waals surface area contributed by atoms with Crippen molar-refractivity contribution in [2.75, 3.05) is 6.61 Å². The molecule has 4 rings (SSSR count). The molecule has 6 atom stereocenters. The highest BCUT2D eigenvalue weighted by Crippen LogP contribution is 2.42. The minimum atomic E-state index is -1.38. The first-order valence-electron chi connectivity index (χ1n) is 9.16. The maximum absolute atomic E-state index is 10.4. The van der Waals surface area contributed by atoms with Crippen molar-refractivity contribution in [2.45, 2.75) is 43.2 Å². The Kier molecular flexibility index (Phi) is 5.24. The van der Waals surface area contributed by atoms with E-state index in [1.807, 2.05) is 0 Å². The summed E-state index contributed by atoms with van der Waals surface area (Å²) in [6.45, 7) is -0.483. The van der Waals surface area contributed by atoms with Gasteiger partial charge in [0.1, 0.15) is 47.4 Å². The van der Waals surface area contributed by atoms with E-state index in [1.54, 1.807) is 12.1 Å². The Balaban J connectivity index is 1.57. The lowest BCUT2D eigenvalue weighted by Crippen LogP contribution is -2.35. The van der Waals surface area contributed by atoms with Crippen molar-refractivity contribution in [2.24, 2.45) is 0 Å². The van der Waals surface area contributed by atoms with Crippen LogP contribution in [0.15, 0.2) is 36.4 Å². The third-order valence-electron chi connectivity index (χ3n) is 5.15. The van der Waals surface area contributed by atoms with Gasteiger partial charge in [-0.2, -0.15) is 0 Å². The Morgan fingerprint density at radius 2 is 1.72 bits per heavy atom. The summed E-state index contributed by atoms with van der Waals surface area (Å²) >= 11 is 0. The van der Waals surface area contributed by atoms with Crippen molar-refractivity contribution in [3.63, 3.8) is 0 Å². The van der Waals surface area contributed by atoms with Gasteiger partial charge in [-0.1, -0.05) is 12.1 Å². The highest BCUT2D eigenvalue weighted by Gasteiger charge is 2.44. The second kappa shape index (κ2) is 7.69. The molecule has 2 heterocycles. The topological polar surface area (TPSA) is 149 Å². The van der Waals surface area contributed by atoms with Crippen LogP contribution < -0.4 is 9.47 Å². The van der Waals surface area contributed by atoms with Crippen LogP contribution in [0.5, 0.6) is 23.0 Å². The Morgan fingerprint density at radius 1 is 1.00 bits per heavy atom. The normalized spacial score (nSPS) is 31.2. The minimum absolute atomic E-state index is 0.0891. The highest BCUT2D eigenvalue weighted by atomic mass is 16.7. The molecule has 0 amide bonds. The molecule has 0 aliphatic carbocycles. The zero-order chi connectivity index (χ0) is 20.7. The van der Waals surface area contributed by atoms with Gasteiger partial charge in [0.05, 0.1) is 12.7 Å². The highest BCUT2D eigenvalue weighted by molar-refractivity contribution is 5.52. The van der Waals surface area contributed by atoms with E-state index in [0.717, 1.165) is 0 Å². The van der Waals surface area contributed by atoms with Gasteiger partial charge in [-0.3, -0.25) is 0 Å². The Morgan fingerprint density at radius 3 is 2.38 bits per heavy atom. The predicted molar refractivity (Wildman–Crippen MR) is 97.7 cm³/mol. The molecule has 2 aliphatic heterocycles. The van der Waals surface area contributed by atoms with Gasteiger partial charge >= 0.3 is 0 Å². The molecule has 1 fully saturated rings. The monoisotopic (exact) mass is 406 g/mol. The summed E-state index contributed by atoms with van der Waals surface area (Å²) in [4.78, 5) is 0. The first kappa shape index (κ1) is 19.7. The van der Waals surface area contributed by atoms with Crippen LogP contribution in [0.25, 0.3) is 0 Å². The van der Waals surface area contributed by atoms with Crippen molar-refractivity contribution in [1.82, 2.24) is 0 Å². The lowest BCUT2D eigenvalue weighted by atomic mass is 9.94. The molecule has 0 saturated carbocycles. The summed E-state index contributed by atoms with van der Waals surface area (Å²) < 4.78 is 16.7. The van der Waals surface area contributed by atoms with E-state index in [9.17, 15) is 25.5 Å². The van der Waals surface area contributed by atoms with E-state index >= 15 is 0 Å². The Bertz CT molecular complexity index is 869. The Labute approximate surface area is 166 Å². The van der Waals surface area contributed by atoms with Crippen LogP contribution >= 0.6 is 0 Å². The van der Waals surface area contributed by atoms with Gasteiger partial charge in [0, 0.05) is 24.1 Å². The van der Waals surface area contributed by atoms with Crippen LogP contribution in [-0.2, 0) is 11.2 Å². The fourth-order valence-electron chi connectivity index (χ4n) is 3.57. The molecule has 2 aromatic carbocycles. The molecule has 0 aromatic heterocycles. The van der Waals surface area contributed by atoms with Crippen molar-refractivity contribution >= 4 is 0 Å². The number of rotatable bonds is 4. The van der Waals surface area contributed by atoms with Gasteiger partial charge in [0.25, 0.3) is 0 Å². The molecule has 2 aliphatic rings. The van der Waals surface area contributed by atoms with E-state index in [4.69, 9.17) is 19.3 Å². The predicted octanol–water partition coefficient (Wildman–Crippen LogP) is -0.0473. The molecule has 29 heavy (non-hydrogen) atoms. The lowest BCUT2D eigenvalue weighted by molar-refractivity contribution is -0.116. The number of phenols is 2. The Hall–Kier alpha value is -2.56. The standard InChI is InChI=1S/C20H22O9/c21-8-16-17(25)18(26)20(29-16)27-11-5-13(23)12-7-14(24)19(28-15(12)6-11)9-1-3-10(22)4-2-9/h1-6,14,16-26H,7-8H2/t14-,16+,17+,18-,19-,20+/m1/s1. The van der Waals surface area contributed by atoms with Crippen molar-refractivity contribution < 1.29 is 44.8 Å². The molecular weight excluding hydrogens is 384 g/mol. The summed E-state index contributed by atoms with van der Waals surface area (Å²) in [5.74, 6) is 0.339. The molecule has 9 nitrogen and oxygen atoms in total. The summed E-state index contributed by atoms with van der Waals surface area (Å²) in [7, 11) is 0. The van der Waals surface area contributed by atoms with Crippen molar-refractivity contribution in [1.29, 1.82) is 0 Å². The summed E-state index contributed by atoms with van der Waals surface area (Å²) in [6, 6.07) is 9.02. The fourth-order valence-corrected chi connectivity index (χ4v) is 3.57. The maximum Gasteiger partial charge on any atom is 0.229 e. The number of aliphatic hydroxyl groups excluding tert-OH is 4. The zero-order valence-electron chi connectivity index (χ0n) is 15.3. The van der Waals surface area contributed by atoms with Gasteiger partial charge < -0.3 is 44.8 Å². The van der Waals surface area contributed by atoms with E-state index in [0.29, 0.717) is 11.1 Å². The number of hydrogen-bond acceptors (Lipinski definition) is 9. The lowest BCUT2D eigenvalue weighted by Gasteiger charge is -2.31. The first-order valence-corrected chi connectivity index (χ1v) is 9.16. The molecule has 1 saturated heterocycles. The molecule has 9 heteroatoms. The average Bonchev–Trinajstić information content (AvgIpc) is 2.97. The molecular formula is C20H22O9. The molecule has 0 spiro atoms. The molecule has 6 N–H and O–H groups in total. The smallest absolute Gasteiger partial charge is 0.229 e. The molecule has 2 aromatic rings. The van der Waals surface area contributed by atoms with Crippen LogP contribution in [0.4, 0.5) is 0 Å². The van der Waals surface area contributed by atoms with Gasteiger partial charge in [-0.05, 0) is 17.7 Å². The van der Waals surface area contributed by atoms with Crippen molar-refractivity contribution in [3.8, 4) is 23.0 Å². The molecule has 156 valence electrons. The van der Waals surface area contributed by atoms with Crippen LogP contribution in [0, 0.1) is 0 Å². The minimum Gasteiger partial charge on any atom is -0.508 e. The fraction of sp³-hybridized carbons (Fsp3) is 0.400. The zero-order valence-corrected chi connectivity index (χ0v) is 15.3. The number of aromatic hydroxyl groups is 2.